The van der Waals surface area contributed by atoms with Crippen molar-refractivity contribution in [1.82, 2.24) is 39.6 Å². The smallest absolute Gasteiger partial charge is 0.282 e. The van der Waals surface area contributed by atoms with Crippen molar-refractivity contribution in [1.29, 1.82) is 5.26 Å². The number of aryl methyl sites for hydroxylation is 1. The fourth-order valence-electron chi connectivity index (χ4n) is 9.31. The molecule has 55 heavy (non-hydrogen) atoms. The molecule has 14 heteroatoms. The first-order valence-electron chi connectivity index (χ1n) is 19.3. The van der Waals surface area contributed by atoms with Crippen molar-refractivity contribution in [3.63, 3.8) is 0 Å². The van der Waals surface area contributed by atoms with Gasteiger partial charge in [-0.05, 0) is 103 Å². The highest BCUT2D eigenvalue weighted by Crippen LogP contribution is 2.50. The van der Waals surface area contributed by atoms with Gasteiger partial charge in [0.05, 0.1) is 41.0 Å². The van der Waals surface area contributed by atoms with Gasteiger partial charge in [0, 0.05) is 52.5 Å². The Labute approximate surface area is 323 Å². The number of aromatic nitrogens is 6. The summed E-state index contributed by atoms with van der Waals surface area (Å²) in [5.74, 6) is -2.40. The number of hydrogen-bond donors (Lipinski definition) is 0. The first-order chi connectivity index (χ1) is 26.4. The number of likely N-dealkylation sites (tertiary alicyclic amines) is 1. The van der Waals surface area contributed by atoms with E-state index < -0.39 is 23.6 Å². The Morgan fingerprint density at radius 3 is 2.64 bits per heavy atom. The summed E-state index contributed by atoms with van der Waals surface area (Å²) in [4.78, 5) is 21.5. The summed E-state index contributed by atoms with van der Waals surface area (Å²) < 4.78 is 41.5. The van der Waals surface area contributed by atoms with Crippen LogP contribution in [0, 0.1) is 31.0 Å². The van der Waals surface area contributed by atoms with Gasteiger partial charge in [0.2, 0.25) is 0 Å². The molecule has 0 N–H and O–H groups in total. The number of piperidine rings is 1. The zero-order chi connectivity index (χ0) is 38.9. The minimum absolute atomic E-state index is 0.0112. The molecule has 0 spiro atoms. The van der Waals surface area contributed by atoms with Gasteiger partial charge in [-0.2, -0.15) is 10.4 Å². The number of rotatable bonds is 8. The Hall–Kier alpha value is -4.51. The fraction of sp³-hybridized carbons (Fsp3) is 0.512. The largest absolute Gasteiger partial charge is 0.356 e. The number of pyridine rings is 1. The van der Waals surface area contributed by atoms with E-state index >= 15 is 4.39 Å². The lowest BCUT2D eigenvalue weighted by Crippen LogP contribution is -2.52. The highest BCUT2D eigenvalue weighted by Gasteiger charge is 2.46. The molecule has 1 unspecified atom stereocenters. The van der Waals surface area contributed by atoms with Crippen LogP contribution in [-0.2, 0) is 9.53 Å². The zero-order valence-electron chi connectivity index (χ0n) is 32.0. The molecule has 5 heterocycles. The second-order valence-corrected chi connectivity index (χ2v) is 16.3. The Bertz CT molecular complexity index is 2410. The van der Waals surface area contributed by atoms with Crippen LogP contribution in [-0.4, -0.2) is 83.8 Å². The lowest BCUT2D eigenvalue weighted by atomic mass is 9.67. The Morgan fingerprint density at radius 2 is 1.95 bits per heavy atom. The van der Waals surface area contributed by atoms with Crippen LogP contribution in [0.15, 0.2) is 30.7 Å². The predicted molar refractivity (Wildman–Crippen MR) is 208 cm³/mol. The van der Waals surface area contributed by atoms with Crippen molar-refractivity contribution in [3.05, 3.63) is 58.4 Å². The summed E-state index contributed by atoms with van der Waals surface area (Å²) in [6, 6.07) is 5.12. The molecule has 11 nitrogen and oxygen atoms in total. The molecule has 8 rings (SSSR count). The average molecular weight is 770 g/mol. The molecule has 288 valence electrons. The molecule has 3 aliphatic rings. The Morgan fingerprint density at radius 1 is 1.16 bits per heavy atom. The fourth-order valence-corrected chi connectivity index (χ4v) is 9.60. The van der Waals surface area contributed by atoms with Gasteiger partial charge in [-0.1, -0.05) is 30.3 Å². The molecule has 1 amide bonds. The SMILES string of the molecule is C=C(F)C(=O)N1CC[C@H](n2nnc3c(C4CC(C)(N(C)CC)C4)nc4c(F)c(-c5c(C)c(C)cc6c5cnn6C5CCCCO5)c(Cl)cc4c32)C[C@H]1CC#N. The number of nitrogens with zero attached hydrogens (tertiary/aromatic N) is 9. The van der Waals surface area contributed by atoms with Crippen LogP contribution >= 0.6 is 11.6 Å². The number of benzene rings is 2. The van der Waals surface area contributed by atoms with Gasteiger partial charge in [-0.15, -0.1) is 5.10 Å². The molecule has 2 aliphatic heterocycles. The molecule has 1 saturated carbocycles. The molecule has 2 aromatic carbocycles. The van der Waals surface area contributed by atoms with E-state index in [4.69, 9.17) is 31.5 Å². The molecule has 0 bridgehead atoms. The average Bonchev–Trinajstić information content (AvgIpc) is 3.80. The van der Waals surface area contributed by atoms with Gasteiger partial charge in [-0.25, -0.2) is 23.1 Å². The molecule has 2 saturated heterocycles. The number of ether oxygens (including phenoxy) is 1. The first-order valence-corrected chi connectivity index (χ1v) is 19.6. The highest BCUT2D eigenvalue weighted by molar-refractivity contribution is 6.35. The van der Waals surface area contributed by atoms with Crippen LogP contribution in [0.3, 0.4) is 0 Å². The maximum absolute atomic E-state index is 17.7. The normalized spacial score (nSPS) is 24.5. The number of carbonyl (C=O) groups excluding carboxylic acids is 1. The minimum atomic E-state index is -1.06. The second-order valence-electron chi connectivity index (χ2n) is 15.9. The van der Waals surface area contributed by atoms with Gasteiger partial charge in [0.25, 0.3) is 5.91 Å². The second kappa shape index (κ2) is 14.2. The number of amides is 1. The number of hydrogen-bond acceptors (Lipinski definition) is 8. The van der Waals surface area contributed by atoms with Gasteiger partial charge in [-0.3, -0.25) is 4.79 Å². The van der Waals surface area contributed by atoms with Crippen LogP contribution in [0.5, 0.6) is 0 Å². The topological polar surface area (TPSA) is 118 Å². The molecule has 3 fully saturated rings. The molecule has 0 radical (unpaired) electrons. The third kappa shape index (κ3) is 6.08. The van der Waals surface area contributed by atoms with Crippen molar-refractivity contribution >= 4 is 50.3 Å². The minimum Gasteiger partial charge on any atom is -0.356 e. The molecule has 1 aliphatic carbocycles. The van der Waals surface area contributed by atoms with Crippen LogP contribution in [0.1, 0.15) is 100 Å². The summed E-state index contributed by atoms with van der Waals surface area (Å²) >= 11 is 7.21. The van der Waals surface area contributed by atoms with Crippen molar-refractivity contribution in [2.75, 3.05) is 26.7 Å². The van der Waals surface area contributed by atoms with Crippen molar-refractivity contribution in [2.24, 2.45) is 0 Å². The third-order valence-electron chi connectivity index (χ3n) is 12.7. The summed E-state index contributed by atoms with van der Waals surface area (Å²) in [5.41, 5.74) is 5.66. The van der Waals surface area contributed by atoms with E-state index in [2.05, 4.69) is 49.7 Å². The third-order valence-corrected chi connectivity index (χ3v) is 13.0. The van der Waals surface area contributed by atoms with Gasteiger partial charge >= 0.3 is 0 Å². The van der Waals surface area contributed by atoms with Crippen molar-refractivity contribution < 1.29 is 18.3 Å². The summed E-state index contributed by atoms with van der Waals surface area (Å²) in [6.45, 7) is 13.3. The summed E-state index contributed by atoms with van der Waals surface area (Å²) in [7, 11) is 2.12. The maximum atomic E-state index is 17.7. The van der Waals surface area contributed by atoms with E-state index in [9.17, 15) is 14.4 Å². The molecule has 3 aromatic heterocycles. The molecular formula is C41H46ClF2N9O2. The number of carbonyl (C=O) groups is 1. The van der Waals surface area contributed by atoms with Crippen LogP contribution in [0.4, 0.5) is 8.78 Å². The van der Waals surface area contributed by atoms with Gasteiger partial charge < -0.3 is 14.5 Å². The van der Waals surface area contributed by atoms with Crippen molar-refractivity contribution in [3.8, 4) is 17.2 Å². The molecular weight excluding hydrogens is 724 g/mol. The van der Waals surface area contributed by atoms with E-state index in [0.29, 0.717) is 47.1 Å². The highest BCUT2D eigenvalue weighted by atomic mass is 35.5. The summed E-state index contributed by atoms with van der Waals surface area (Å²) in [5, 5.41) is 25.2. The monoisotopic (exact) mass is 769 g/mol. The van der Waals surface area contributed by atoms with E-state index in [1.54, 1.807) is 16.9 Å². The van der Waals surface area contributed by atoms with E-state index in [1.165, 1.54) is 4.90 Å². The van der Waals surface area contributed by atoms with Crippen LogP contribution < -0.4 is 0 Å². The van der Waals surface area contributed by atoms with Gasteiger partial charge in [0.15, 0.2) is 17.9 Å². The van der Waals surface area contributed by atoms with Gasteiger partial charge in [0.1, 0.15) is 16.6 Å². The van der Waals surface area contributed by atoms with Crippen LogP contribution in [0.25, 0.3) is 44.0 Å². The number of fused-ring (bicyclic) bond motifs is 4. The predicted octanol–water partition coefficient (Wildman–Crippen LogP) is 8.62. The molecule has 3 atom stereocenters. The first kappa shape index (κ1) is 37.4. The van der Waals surface area contributed by atoms with E-state index in [0.717, 1.165) is 60.7 Å². The lowest BCUT2D eigenvalue weighted by molar-refractivity contribution is -0.132. The molecule has 5 aromatic rings. The lowest BCUT2D eigenvalue weighted by Gasteiger charge is -2.50. The van der Waals surface area contributed by atoms with Crippen molar-refractivity contribution in [2.45, 2.75) is 109 Å². The quantitative estimate of drug-likeness (QED) is 0.144. The number of nitriles is 1. The van der Waals surface area contributed by atoms with E-state index in [1.807, 2.05) is 18.5 Å². The number of halogens is 3. The van der Waals surface area contributed by atoms with Crippen LogP contribution in [0.2, 0.25) is 5.02 Å². The standard InChI is InChI=1S/C41H46ClF2N9O2/c1-7-50(6)41(5)19-25(20-41)36-38-39(52(49-48-38)27-12-14-51(40(54)24(4)43)26(17-27)11-13-45)28-18-30(42)34(35(44)37(28)47-36)33-23(3)22(2)16-31-29(33)21-46-53(31)32-10-8-9-15-55-32/h16,18,21,25-27,32H,4,7-12,14-15,17,19-20H2,1-3,5-6H3/t25?,26-,27+,32?,41?/m1/s1. The Kier molecular flexibility index (Phi) is 9.67. The summed E-state index contributed by atoms with van der Waals surface area (Å²) in [6.07, 6.45) is 6.88. The zero-order valence-corrected chi connectivity index (χ0v) is 32.8. The maximum Gasteiger partial charge on any atom is 0.282 e. The Balaban J connectivity index is 1.32. The van der Waals surface area contributed by atoms with E-state index in [-0.39, 0.29) is 52.8 Å².